The van der Waals surface area contributed by atoms with Crippen LogP contribution in [0.5, 0.6) is 0 Å². The lowest BCUT2D eigenvalue weighted by Gasteiger charge is -2.35. The molecule has 0 saturated carbocycles. The van der Waals surface area contributed by atoms with Crippen molar-refractivity contribution in [3.8, 4) is 0 Å². The highest BCUT2D eigenvalue weighted by molar-refractivity contribution is 5.91. The maximum Gasteiger partial charge on any atom is 0.286 e. The van der Waals surface area contributed by atoms with Crippen molar-refractivity contribution >= 4 is 11.8 Å². The average molecular weight is 399 g/mol. The number of morpholine rings is 1. The molecule has 0 spiro atoms. The first-order chi connectivity index (χ1) is 14.1. The van der Waals surface area contributed by atoms with E-state index in [9.17, 15) is 9.59 Å². The van der Waals surface area contributed by atoms with Crippen LogP contribution in [0.4, 0.5) is 0 Å². The van der Waals surface area contributed by atoms with Crippen LogP contribution in [0.2, 0.25) is 0 Å². The fourth-order valence-electron chi connectivity index (χ4n) is 3.38. The second kappa shape index (κ2) is 10.8. The normalized spacial score (nSPS) is 15.6. The van der Waals surface area contributed by atoms with Gasteiger partial charge in [-0.15, -0.1) is 0 Å². The van der Waals surface area contributed by atoms with Gasteiger partial charge in [-0.05, 0) is 31.0 Å². The summed E-state index contributed by atoms with van der Waals surface area (Å²) in [5.74, 6) is 0.00526. The van der Waals surface area contributed by atoms with E-state index in [1.54, 1.807) is 12.1 Å². The SMILES string of the molecule is Cc1ccc(C(CNC(=O)CCCNC(=O)c2ccco2)N2CCOCC2)cc1. The van der Waals surface area contributed by atoms with Gasteiger partial charge in [0.15, 0.2) is 5.76 Å². The topological polar surface area (TPSA) is 83.8 Å². The molecule has 1 aliphatic rings. The molecule has 1 atom stereocenters. The Labute approximate surface area is 171 Å². The van der Waals surface area contributed by atoms with Crippen molar-refractivity contribution in [3.05, 3.63) is 59.5 Å². The lowest BCUT2D eigenvalue weighted by molar-refractivity contribution is -0.121. The number of hydrogen-bond donors (Lipinski definition) is 2. The summed E-state index contributed by atoms with van der Waals surface area (Å²) >= 11 is 0. The Kier molecular flexibility index (Phi) is 7.84. The minimum Gasteiger partial charge on any atom is -0.459 e. The van der Waals surface area contributed by atoms with E-state index in [0.717, 1.165) is 13.1 Å². The Morgan fingerprint density at radius 3 is 2.55 bits per heavy atom. The first-order valence-electron chi connectivity index (χ1n) is 10.1. The van der Waals surface area contributed by atoms with Gasteiger partial charge in [-0.25, -0.2) is 0 Å². The Hall–Kier alpha value is -2.64. The van der Waals surface area contributed by atoms with Crippen LogP contribution < -0.4 is 10.6 Å². The van der Waals surface area contributed by atoms with Crippen molar-refractivity contribution in [1.82, 2.24) is 15.5 Å². The molecule has 2 aromatic rings. The smallest absolute Gasteiger partial charge is 0.286 e. The van der Waals surface area contributed by atoms with Crippen LogP contribution >= 0.6 is 0 Å². The number of nitrogens with zero attached hydrogens (tertiary/aromatic N) is 1. The third-order valence-corrected chi connectivity index (χ3v) is 5.05. The highest BCUT2D eigenvalue weighted by Crippen LogP contribution is 2.21. The van der Waals surface area contributed by atoms with Crippen molar-refractivity contribution < 1.29 is 18.7 Å². The summed E-state index contributed by atoms with van der Waals surface area (Å²) in [6.07, 6.45) is 2.40. The fourth-order valence-corrected chi connectivity index (χ4v) is 3.38. The van der Waals surface area contributed by atoms with Crippen LogP contribution in [0.25, 0.3) is 0 Å². The molecule has 3 rings (SSSR count). The van der Waals surface area contributed by atoms with Gasteiger partial charge in [0.2, 0.25) is 5.91 Å². The van der Waals surface area contributed by atoms with E-state index in [1.807, 2.05) is 0 Å². The second-order valence-electron chi connectivity index (χ2n) is 7.22. The molecule has 7 nitrogen and oxygen atoms in total. The van der Waals surface area contributed by atoms with Crippen LogP contribution in [0.1, 0.15) is 40.6 Å². The van der Waals surface area contributed by atoms with Gasteiger partial charge in [-0.3, -0.25) is 14.5 Å². The summed E-state index contributed by atoms with van der Waals surface area (Å²) in [5, 5.41) is 5.81. The number of ether oxygens (including phenoxy) is 1. The van der Waals surface area contributed by atoms with Crippen LogP contribution in [0.15, 0.2) is 47.1 Å². The molecule has 1 unspecified atom stereocenters. The quantitative estimate of drug-likeness (QED) is 0.632. The van der Waals surface area contributed by atoms with Crippen molar-refractivity contribution in [2.75, 3.05) is 39.4 Å². The Morgan fingerprint density at radius 1 is 1.10 bits per heavy atom. The van der Waals surface area contributed by atoms with E-state index in [0.29, 0.717) is 39.1 Å². The molecule has 7 heteroatoms. The summed E-state index contributed by atoms with van der Waals surface area (Å²) < 4.78 is 10.5. The molecule has 1 fully saturated rings. The number of hydrogen-bond acceptors (Lipinski definition) is 5. The summed E-state index contributed by atoms with van der Waals surface area (Å²) in [6.45, 7) is 6.19. The van der Waals surface area contributed by atoms with Gasteiger partial charge in [0, 0.05) is 32.6 Å². The minimum absolute atomic E-state index is 0.0115. The van der Waals surface area contributed by atoms with E-state index in [1.165, 1.54) is 17.4 Å². The summed E-state index contributed by atoms with van der Waals surface area (Å²) in [4.78, 5) is 26.5. The predicted octanol–water partition coefficient (Wildman–Crippen LogP) is 2.29. The summed E-state index contributed by atoms with van der Waals surface area (Å²) in [6, 6.07) is 11.9. The van der Waals surface area contributed by atoms with Crippen LogP contribution in [-0.4, -0.2) is 56.1 Å². The fraction of sp³-hybridized carbons (Fsp3) is 0.455. The number of rotatable bonds is 9. The van der Waals surface area contributed by atoms with Gasteiger partial charge in [0.05, 0.1) is 25.5 Å². The maximum absolute atomic E-state index is 12.3. The number of aryl methyl sites for hydroxylation is 1. The number of carbonyl (C=O) groups excluding carboxylic acids is 2. The molecule has 1 aromatic carbocycles. The van der Waals surface area contributed by atoms with Gasteiger partial charge in [-0.2, -0.15) is 0 Å². The van der Waals surface area contributed by atoms with E-state index in [4.69, 9.17) is 9.15 Å². The number of nitrogens with one attached hydrogen (secondary N) is 2. The van der Waals surface area contributed by atoms with Crippen molar-refractivity contribution in [3.63, 3.8) is 0 Å². The Balaban J connectivity index is 1.45. The molecule has 0 radical (unpaired) electrons. The maximum atomic E-state index is 12.3. The molecule has 2 heterocycles. The van der Waals surface area contributed by atoms with Gasteiger partial charge in [0.25, 0.3) is 5.91 Å². The molecule has 1 aromatic heterocycles. The molecule has 2 amide bonds. The average Bonchev–Trinajstić information content (AvgIpc) is 3.28. The molecule has 2 N–H and O–H groups in total. The monoisotopic (exact) mass is 399 g/mol. The molecule has 1 saturated heterocycles. The van der Waals surface area contributed by atoms with E-state index in [2.05, 4.69) is 46.7 Å². The zero-order chi connectivity index (χ0) is 20.5. The first kappa shape index (κ1) is 21.1. The standard InChI is InChI=1S/C22H29N3O4/c1-17-6-8-18(9-7-17)19(25-11-14-28-15-12-25)16-24-21(26)5-2-10-23-22(27)20-4-3-13-29-20/h3-4,6-9,13,19H,2,5,10-12,14-16H2,1H3,(H,23,27)(H,24,26). The summed E-state index contributed by atoms with van der Waals surface area (Å²) in [5.41, 5.74) is 2.42. The highest BCUT2D eigenvalue weighted by Gasteiger charge is 2.23. The summed E-state index contributed by atoms with van der Waals surface area (Å²) in [7, 11) is 0. The third kappa shape index (κ3) is 6.44. The minimum atomic E-state index is -0.262. The van der Waals surface area contributed by atoms with Gasteiger partial charge >= 0.3 is 0 Å². The Morgan fingerprint density at radius 2 is 1.86 bits per heavy atom. The highest BCUT2D eigenvalue weighted by atomic mass is 16.5. The van der Waals surface area contributed by atoms with Crippen LogP contribution in [-0.2, 0) is 9.53 Å². The van der Waals surface area contributed by atoms with Gasteiger partial charge in [0.1, 0.15) is 0 Å². The van der Waals surface area contributed by atoms with Crippen LogP contribution in [0.3, 0.4) is 0 Å². The first-order valence-corrected chi connectivity index (χ1v) is 10.1. The number of carbonyl (C=O) groups is 2. The molecule has 0 bridgehead atoms. The van der Waals surface area contributed by atoms with Crippen LogP contribution in [0, 0.1) is 6.92 Å². The molecular formula is C22H29N3O4. The third-order valence-electron chi connectivity index (χ3n) is 5.05. The molecular weight excluding hydrogens is 370 g/mol. The van der Waals surface area contributed by atoms with E-state index >= 15 is 0 Å². The molecule has 156 valence electrons. The van der Waals surface area contributed by atoms with Gasteiger partial charge in [-0.1, -0.05) is 29.8 Å². The molecule has 29 heavy (non-hydrogen) atoms. The molecule has 0 aliphatic carbocycles. The van der Waals surface area contributed by atoms with Crippen molar-refractivity contribution in [1.29, 1.82) is 0 Å². The van der Waals surface area contributed by atoms with Crippen molar-refractivity contribution in [2.45, 2.75) is 25.8 Å². The second-order valence-corrected chi connectivity index (χ2v) is 7.22. The van der Waals surface area contributed by atoms with Crippen molar-refractivity contribution in [2.24, 2.45) is 0 Å². The van der Waals surface area contributed by atoms with E-state index in [-0.39, 0.29) is 23.6 Å². The number of benzene rings is 1. The van der Waals surface area contributed by atoms with Gasteiger partial charge < -0.3 is 19.8 Å². The lowest BCUT2D eigenvalue weighted by atomic mass is 10.0. The molecule has 1 aliphatic heterocycles. The zero-order valence-corrected chi connectivity index (χ0v) is 16.9. The number of furan rings is 1. The van der Waals surface area contributed by atoms with E-state index < -0.39 is 0 Å². The Bertz CT molecular complexity index is 768. The zero-order valence-electron chi connectivity index (χ0n) is 16.9. The lowest BCUT2D eigenvalue weighted by Crippen LogP contribution is -2.43. The predicted molar refractivity (Wildman–Crippen MR) is 110 cm³/mol. The largest absolute Gasteiger partial charge is 0.459 e. The number of amides is 2.